The molecule has 1 amide bonds. The standard InChI is InChI=1S/C12H14ClF2NO4S/c1-7(2)20-4-3-16-12(17)8-5-11(21(13,18)19)10(15)6-9(8)14/h5-7H,3-4H2,1-2H3,(H,16,17). The van der Waals surface area contributed by atoms with Crippen LogP contribution in [0.4, 0.5) is 8.78 Å². The molecule has 5 nitrogen and oxygen atoms in total. The van der Waals surface area contributed by atoms with Gasteiger partial charge in [-0.25, -0.2) is 17.2 Å². The molecular weight excluding hydrogens is 328 g/mol. The lowest BCUT2D eigenvalue weighted by atomic mass is 10.2. The molecule has 1 rings (SSSR count). The minimum Gasteiger partial charge on any atom is -0.377 e. The highest BCUT2D eigenvalue weighted by atomic mass is 35.7. The van der Waals surface area contributed by atoms with Crippen LogP contribution in [-0.2, 0) is 13.8 Å². The van der Waals surface area contributed by atoms with Crippen molar-refractivity contribution < 1.29 is 26.7 Å². The first-order chi connectivity index (χ1) is 9.62. The quantitative estimate of drug-likeness (QED) is 0.635. The molecule has 1 aromatic carbocycles. The Hall–Kier alpha value is -1.25. The predicted octanol–water partition coefficient (Wildman–Crippen LogP) is 2.05. The van der Waals surface area contributed by atoms with Crippen molar-refractivity contribution in [3.8, 4) is 0 Å². The van der Waals surface area contributed by atoms with E-state index in [0.29, 0.717) is 12.1 Å². The summed E-state index contributed by atoms with van der Waals surface area (Å²) in [7, 11) is 0.596. The minimum atomic E-state index is -4.42. The van der Waals surface area contributed by atoms with Crippen molar-refractivity contribution in [2.75, 3.05) is 13.2 Å². The van der Waals surface area contributed by atoms with Crippen molar-refractivity contribution >= 4 is 25.6 Å². The maximum Gasteiger partial charge on any atom is 0.264 e. The van der Waals surface area contributed by atoms with Crippen LogP contribution in [0.3, 0.4) is 0 Å². The van der Waals surface area contributed by atoms with Gasteiger partial charge in [0.15, 0.2) is 0 Å². The number of carbonyl (C=O) groups excluding carboxylic acids is 1. The lowest BCUT2D eigenvalue weighted by molar-refractivity contribution is 0.0745. The molecule has 0 aliphatic carbocycles. The summed E-state index contributed by atoms with van der Waals surface area (Å²) in [5.41, 5.74) is -0.611. The van der Waals surface area contributed by atoms with E-state index in [1.54, 1.807) is 13.8 Å². The molecular formula is C12H14ClF2NO4S. The van der Waals surface area contributed by atoms with Crippen LogP contribution in [0.5, 0.6) is 0 Å². The van der Waals surface area contributed by atoms with Crippen molar-refractivity contribution in [3.63, 3.8) is 0 Å². The molecule has 9 heteroatoms. The zero-order valence-corrected chi connectivity index (χ0v) is 12.9. The van der Waals surface area contributed by atoms with Gasteiger partial charge in [-0.05, 0) is 19.9 Å². The van der Waals surface area contributed by atoms with Gasteiger partial charge in [0.05, 0.1) is 18.3 Å². The number of benzene rings is 1. The van der Waals surface area contributed by atoms with Crippen LogP contribution in [-0.4, -0.2) is 33.6 Å². The van der Waals surface area contributed by atoms with Gasteiger partial charge in [0.2, 0.25) is 0 Å². The third kappa shape index (κ3) is 5.22. The molecule has 1 aromatic rings. The van der Waals surface area contributed by atoms with Crippen LogP contribution in [0.1, 0.15) is 24.2 Å². The Morgan fingerprint density at radius 3 is 2.48 bits per heavy atom. The molecule has 0 spiro atoms. The van der Waals surface area contributed by atoms with E-state index >= 15 is 0 Å². The molecule has 0 heterocycles. The Morgan fingerprint density at radius 2 is 1.95 bits per heavy atom. The lowest BCUT2D eigenvalue weighted by Gasteiger charge is -2.10. The molecule has 0 atom stereocenters. The molecule has 0 saturated heterocycles. The summed E-state index contributed by atoms with van der Waals surface area (Å²) in [5.74, 6) is -3.43. The number of ether oxygens (including phenoxy) is 1. The first-order valence-corrected chi connectivity index (χ1v) is 8.27. The molecule has 118 valence electrons. The van der Waals surface area contributed by atoms with Gasteiger partial charge in [0, 0.05) is 23.3 Å². The number of halogens is 3. The summed E-state index contributed by atoms with van der Waals surface area (Å²) >= 11 is 0. The van der Waals surface area contributed by atoms with E-state index in [1.807, 2.05) is 0 Å². The summed E-state index contributed by atoms with van der Waals surface area (Å²) < 4.78 is 54.3. The van der Waals surface area contributed by atoms with Crippen LogP contribution >= 0.6 is 10.7 Å². The fourth-order valence-corrected chi connectivity index (χ4v) is 2.35. The van der Waals surface area contributed by atoms with Crippen LogP contribution in [0.2, 0.25) is 0 Å². The number of rotatable bonds is 6. The van der Waals surface area contributed by atoms with E-state index in [1.165, 1.54) is 0 Å². The van der Waals surface area contributed by atoms with Crippen molar-refractivity contribution in [3.05, 3.63) is 29.3 Å². The molecule has 1 N–H and O–H groups in total. The average molecular weight is 342 g/mol. The van der Waals surface area contributed by atoms with Gasteiger partial charge >= 0.3 is 0 Å². The Bertz CT molecular complexity index is 634. The smallest absolute Gasteiger partial charge is 0.264 e. The SMILES string of the molecule is CC(C)OCCNC(=O)c1cc(S(=O)(=O)Cl)c(F)cc1F. The van der Waals surface area contributed by atoms with Crippen LogP contribution in [0.25, 0.3) is 0 Å². The van der Waals surface area contributed by atoms with Crippen molar-refractivity contribution in [2.45, 2.75) is 24.8 Å². The number of hydrogen-bond acceptors (Lipinski definition) is 4. The largest absolute Gasteiger partial charge is 0.377 e. The summed E-state index contributed by atoms with van der Waals surface area (Å²) in [4.78, 5) is 10.8. The number of amides is 1. The van der Waals surface area contributed by atoms with Gasteiger partial charge in [0.1, 0.15) is 16.5 Å². The van der Waals surface area contributed by atoms with E-state index in [0.717, 1.165) is 0 Å². The van der Waals surface area contributed by atoms with Gasteiger partial charge in [0.25, 0.3) is 15.0 Å². The average Bonchev–Trinajstić information content (AvgIpc) is 2.32. The molecule has 0 bridgehead atoms. The van der Waals surface area contributed by atoms with E-state index in [2.05, 4.69) is 5.32 Å². The molecule has 0 aromatic heterocycles. The van der Waals surface area contributed by atoms with Crippen molar-refractivity contribution in [2.24, 2.45) is 0 Å². The third-order valence-corrected chi connectivity index (χ3v) is 3.70. The third-order valence-electron chi connectivity index (χ3n) is 2.37. The second-order valence-electron chi connectivity index (χ2n) is 4.38. The second kappa shape index (κ2) is 7.15. The van der Waals surface area contributed by atoms with Gasteiger partial charge in [-0.15, -0.1) is 0 Å². The number of nitrogens with one attached hydrogen (secondary N) is 1. The maximum absolute atomic E-state index is 13.5. The van der Waals surface area contributed by atoms with Crippen LogP contribution in [0.15, 0.2) is 17.0 Å². The summed E-state index contributed by atoms with van der Waals surface area (Å²) in [6.07, 6.45) is -0.0301. The Kier molecular flexibility index (Phi) is 6.06. The van der Waals surface area contributed by atoms with Crippen molar-refractivity contribution in [1.82, 2.24) is 5.32 Å². The van der Waals surface area contributed by atoms with Gasteiger partial charge in [-0.1, -0.05) is 0 Å². The highest BCUT2D eigenvalue weighted by Crippen LogP contribution is 2.22. The van der Waals surface area contributed by atoms with E-state index in [4.69, 9.17) is 15.4 Å². The fraction of sp³-hybridized carbons (Fsp3) is 0.417. The first kappa shape index (κ1) is 17.8. The molecule has 0 fully saturated rings. The summed E-state index contributed by atoms with van der Waals surface area (Å²) in [6, 6.07) is 0.862. The highest BCUT2D eigenvalue weighted by Gasteiger charge is 2.22. The number of hydrogen-bond donors (Lipinski definition) is 1. The zero-order chi connectivity index (χ0) is 16.2. The highest BCUT2D eigenvalue weighted by molar-refractivity contribution is 8.13. The zero-order valence-electron chi connectivity index (χ0n) is 11.3. The molecule has 0 aliphatic rings. The monoisotopic (exact) mass is 341 g/mol. The topological polar surface area (TPSA) is 72.5 Å². The summed E-state index contributed by atoms with van der Waals surface area (Å²) in [5, 5.41) is 2.33. The molecule has 0 unspecified atom stereocenters. The predicted molar refractivity (Wildman–Crippen MR) is 72.8 cm³/mol. The van der Waals surface area contributed by atoms with Gasteiger partial charge in [-0.2, -0.15) is 0 Å². The molecule has 21 heavy (non-hydrogen) atoms. The Balaban J connectivity index is 2.90. The van der Waals surface area contributed by atoms with Gasteiger partial charge in [-0.3, -0.25) is 4.79 Å². The molecule has 0 aliphatic heterocycles. The fourth-order valence-electron chi connectivity index (χ4n) is 1.44. The molecule has 0 radical (unpaired) electrons. The van der Waals surface area contributed by atoms with E-state index < -0.39 is 37.1 Å². The van der Waals surface area contributed by atoms with E-state index in [9.17, 15) is 22.0 Å². The first-order valence-electron chi connectivity index (χ1n) is 5.96. The normalized spacial score (nSPS) is 11.7. The van der Waals surface area contributed by atoms with E-state index in [-0.39, 0.29) is 19.3 Å². The Morgan fingerprint density at radius 1 is 1.33 bits per heavy atom. The maximum atomic E-state index is 13.5. The van der Waals surface area contributed by atoms with Crippen molar-refractivity contribution in [1.29, 1.82) is 0 Å². The van der Waals surface area contributed by atoms with Crippen LogP contribution in [0, 0.1) is 11.6 Å². The van der Waals surface area contributed by atoms with Crippen LogP contribution < -0.4 is 5.32 Å². The molecule has 0 saturated carbocycles. The minimum absolute atomic E-state index is 0.0301. The lowest BCUT2D eigenvalue weighted by Crippen LogP contribution is -2.29. The Labute approximate surface area is 125 Å². The van der Waals surface area contributed by atoms with Gasteiger partial charge < -0.3 is 10.1 Å². The second-order valence-corrected chi connectivity index (χ2v) is 6.91. The summed E-state index contributed by atoms with van der Waals surface area (Å²) in [6.45, 7) is 3.90. The number of carbonyl (C=O) groups is 1.